The molecule has 0 amide bonds. The monoisotopic (exact) mass is 398 g/mol. The van der Waals surface area contributed by atoms with Crippen molar-refractivity contribution in [2.75, 3.05) is 0 Å². The Morgan fingerprint density at radius 1 is 0.586 bits per heavy atom. The van der Waals surface area contributed by atoms with Gasteiger partial charge < -0.3 is 0 Å². The van der Waals surface area contributed by atoms with Crippen molar-refractivity contribution >= 4 is 10.8 Å². The first kappa shape index (κ1) is 19.1. The molecule has 5 heteroatoms. The van der Waals surface area contributed by atoms with E-state index >= 15 is 0 Å². The van der Waals surface area contributed by atoms with Crippen molar-refractivity contribution in [2.24, 2.45) is 0 Å². The first-order valence-electron chi connectivity index (χ1n) is 9.05. The number of fused-ring (bicyclic) bond motifs is 1. The van der Waals surface area contributed by atoms with E-state index in [1.54, 1.807) is 6.07 Å². The average Bonchev–Trinajstić information content (AvgIpc) is 2.71. The van der Waals surface area contributed by atoms with Crippen LogP contribution in [0.2, 0.25) is 0 Å². The number of aryl methyl sites for hydroxylation is 1. The molecule has 0 aliphatic rings. The van der Waals surface area contributed by atoms with Gasteiger partial charge in [0.25, 0.3) is 0 Å². The molecule has 0 N–H and O–H groups in total. The van der Waals surface area contributed by atoms with E-state index in [-0.39, 0.29) is 16.5 Å². The van der Waals surface area contributed by atoms with Crippen LogP contribution in [-0.4, -0.2) is 0 Å². The molecule has 0 nitrogen and oxygen atoms in total. The molecule has 29 heavy (non-hydrogen) atoms. The maximum absolute atomic E-state index is 14.8. The van der Waals surface area contributed by atoms with Crippen LogP contribution < -0.4 is 0 Å². The van der Waals surface area contributed by atoms with Crippen LogP contribution in [0.4, 0.5) is 22.0 Å². The van der Waals surface area contributed by atoms with Crippen LogP contribution in [-0.2, 0) is 6.42 Å². The Labute approximate surface area is 164 Å². The fourth-order valence-corrected chi connectivity index (χ4v) is 3.41. The smallest absolute Gasteiger partial charge is 0.195 e. The minimum Gasteiger partial charge on any atom is -0.206 e. The maximum Gasteiger partial charge on any atom is 0.195 e. The molecule has 4 aromatic rings. The molecule has 0 saturated carbocycles. The van der Waals surface area contributed by atoms with E-state index in [4.69, 9.17) is 0 Å². The van der Waals surface area contributed by atoms with Gasteiger partial charge in [-0.3, -0.25) is 0 Å². The van der Waals surface area contributed by atoms with Crippen molar-refractivity contribution in [2.45, 2.75) is 13.3 Å². The summed E-state index contributed by atoms with van der Waals surface area (Å²) in [6, 6.07) is 15.0. The highest BCUT2D eigenvalue weighted by molar-refractivity contribution is 5.89. The Morgan fingerprint density at radius 3 is 1.90 bits per heavy atom. The Kier molecular flexibility index (Phi) is 4.82. The summed E-state index contributed by atoms with van der Waals surface area (Å²) in [7, 11) is 0. The van der Waals surface area contributed by atoms with E-state index in [2.05, 4.69) is 0 Å². The van der Waals surface area contributed by atoms with Crippen LogP contribution in [0.5, 0.6) is 0 Å². The van der Waals surface area contributed by atoms with E-state index in [0.29, 0.717) is 11.6 Å². The zero-order chi connectivity index (χ0) is 20.7. The van der Waals surface area contributed by atoms with Gasteiger partial charge in [0.2, 0.25) is 0 Å². The minimum absolute atomic E-state index is 0.0740. The summed E-state index contributed by atoms with van der Waals surface area (Å²) in [4.78, 5) is 0. The van der Waals surface area contributed by atoms with Gasteiger partial charge in [-0.25, -0.2) is 22.0 Å². The molecular weight excluding hydrogens is 383 g/mol. The van der Waals surface area contributed by atoms with Crippen molar-refractivity contribution in [1.82, 2.24) is 0 Å². The summed E-state index contributed by atoms with van der Waals surface area (Å²) in [6.45, 7) is 2.04. The normalized spacial score (nSPS) is 11.2. The van der Waals surface area contributed by atoms with Crippen molar-refractivity contribution < 1.29 is 22.0 Å². The molecule has 4 rings (SSSR count). The molecule has 0 aromatic heterocycles. The van der Waals surface area contributed by atoms with Crippen LogP contribution in [0.1, 0.15) is 12.5 Å². The fourth-order valence-electron chi connectivity index (χ4n) is 3.41. The Hall–Kier alpha value is -3.21. The number of hydrogen-bond donors (Lipinski definition) is 0. The lowest BCUT2D eigenvalue weighted by atomic mass is 9.96. The summed E-state index contributed by atoms with van der Waals surface area (Å²) in [5, 5.41) is -0.851. The third kappa shape index (κ3) is 3.37. The molecule has 0 fully saturated rings. The Balaban J connectivity index is 1.80. The van der Waals surface area contributed by atoms with Gasteiger partial charge in [-0.2, -0.15) is 0 Å². The standard InChI is InChI=1S/C24H15F5/c1-2-13-3-5-14(6-4-13)15-7-8-18(19(25)10-15)16-9-17-12-21(27)23(28)24(29)22(17)20(26)11-16/h3-12H,2H2,1H3. The lowest BCUT2D eigenvalue weighted by Crippen LogP contribution is -1.96. The number of rotatable bonds is 3. The molecule has 0 aliphatic carbocycles. The molecule has 0 bridgehead atoms. The molecule has 0 unspecified atom stereocenters. The molecule has 0 spiro atoms. The SMILES string of the molecule is CCc1ccc(-c2ccc(-c3cc(F)c4c(F)c(F)c(F)cc4c3)c(F)c2)cc1. The summed E-state index contributed by atoms with van der Waals surface area (Å²) < 4.78 is 70.0. The fraction of sp³-hybridized carbons (Fsp3) is 0.0833. The van der Waals surface area contributed by atoms with Crippen LogP contribution in [0.25, 0.3) is 33.0 Å². The molecule has 0 atom stereocenters. The lowest BCUT2D eigenvalue weighted by Gasteiger charge is -2.10. The van der Waals surface area contributed by atoms with Gasteiger partial charge in [-0.1, -0.05) is 43.3 Å². The minimum atomic E-state index is -1.74. The second kappa shape index (κ2) is 7.32. The first-order chi connectivity index (χ1) is 13.9. The van der Waals surface area contributed by atoms with Crippen LogP contribution >= 0.6 is 0 Å². The molecule has 4 aromatic carbocycles. The third-order valence-corrected chi connectivity index (χ3v) is 5.00. The van der Waals surface area contributed by atoms with Crippen LogP contribution in [0.3, 0.4) is 0 Å². The maximum atomic E-state index is 14.8. The summed E-state index contributed by atoms with van der Waals surface area (Å²) in [5.74, 6) is -6.47. The number of benzene rings is 4. The van der Waals surface area contributed by atoms with Crippen molar-refractivity contribution in [3.05, 3.63) is 95.3 Å². The number of halogens is 5. The molecule has 146 valence electrons. The van der Waals surface area contributed by atoms with Gasteiger partial charge in [-0.05, 0) is 58.3 Å². The second-order valence-electron chi connectivity index (χ2n) is 6.79. The van der Waals surface area contributed by atoms with Gasteiger partial charge in [0.05, 0.1) is 5.39 Å². The molecule has 0 radical (unpaired) electrons. The summed E-state index contributed by atoms with van der Waals surface area (Å²) in [6.07, 6.45) is 0.895. The topological polar surface area (TPSA) is 0 Å². The van der Waals surface area contributed by atoms with Gasteiger partial charge in [0.1, 0.15) is 11.6 Å². The van der Waals surface area contributed by atoms with Crippen molar-refractivity contribution in [3.63, 3.8) is 0 Å². The van der Waals surface area contributed by atoms with Crippen LogP contribution in [0, 0.1) is 29.1 Å². The highest BCUT2D eigenvalue weighted by Gasteiger charge is 2.19. The highest BCUT2D eigenvalue weighted by Crippen LogP contribution is 2.33. The quantitative estimate of drug-likeness (QED) is 0.249. The van der Waals surface area contributed by atoms with Crippen LogP contribution in [0.15, 0.2) is 60.7 Å². The van der Waals surface area contributed by atoms with Gasteiger partial charge in [0.15, 0.2) is 17.5 Å². The van der Waals surface area contributed by atoms with E-state index in [1.165, 1.54) is 18.2 Å². The van der Waals surface area contributed by atoms with E-state index in [1.807, 2.05) is 31.2 Å². The zero-order valence-electron chi connectivity index (χ0n) is 15.4. The second-order valence-corrected chi connectivity index (χ2v) is 6.79. The summed E-state index contributed by atoms with van der Waals surface area (Å²) >= 11 is 0. The van der Waals surface area contributed by atoms with Crippen molar-refractivity contribution in [3.8, 4) is 22.3 Å². The predicted octanol–water partition coefficient (Wildman–Crippen LogP) is 7.43. The number of hydrogen-bond acceptors (Lipinski definition) is 0. The third-order valence-electron chi connectivity index (χ3n) is 5.00. The van der Waals surface area contributed by atoms with Gasteiger partial charge in [0, 0.05) is 5.56 Å². The first-order valence-corrected chi connectivity index (χ1v) is 9.05. The average molecular weight is 398 g/mol. The highest BCUT2D eigenvalue weighted by atomic mass is 19.2. The largest absolute Gasteiger partial charge is 0.206 e. The van der Waals surface area contributed by atoms with E-state index in [9.17, 15) is 22.0 Å². The van der Waals surface area contributed by atoms with E-state index in [0.717, 1.165) is 23.6 Å². The molecule has 0 saturated heterocycles. The Morgan fingerprint density at radius 2 is 1.24 bits per heavy atom. The lowest BCUT2D eigenvalue weighted by molar-refractivity contribution is 0.451. The molecule has 0 aliphatic heterocycles. The van der Waals surface area contributed by atoms with Gasteiger partial charge >= 0.3 is 0 Å². The molecular formula is C24H15F5. The predicted molar refractivity (Wildman–Crippen MR) is 104 cm³/mol. The Bertz CT molecular complexity index is 1230. The zero-order valence-corrected chi connectivity index (χ0v) is 15.4. The molecule has 0 heterocycles. The summed E-state index contributed by atoms with van der Waals surface area (Å²) in [5.41, 5.74) is 2.82. The van der Waals surface area contributed by atoms with Gasteiger partial charge in [-0.15, -0.1) is 0 Å². The van der Waals surface area contributed by atoms with E-state index < -0.39 is 34.5 Å². The van der Waals surface area contributed by atoms with Crippen molar-refractivity contribution in [1.29, 1.82) is 0 Å².